The van der Waals surface area contributed by atoms with Gasteiger partial charge in [-0.05, 0) is 77.3 Å². The van der Waals surface area contributed by atoms with Crippen LogP contribution in [0.1, 0.15) is 72.2 Å². The molecule has 2 heterocycles. The fourth-order valence-electron chi connectivity index (χ4n) is 5.55. The van der Waals surface area contributed by atoms with Crippen LogP contribution in [0.4, 0.5) is 16.2 Å². The summed E-state index contributed by atoms with van der Waals surface area (Å²) in [5, 5.41) is 19.6. The number of nitrogens with zero attached hydrogens (tertiary/aromatic N) is 3. The third-order valence-corrected chi connectivity index (χ3v) is 8.40. The third-order valence-electron chi connectivity index (χ3n) is 8.40. The minimum Gasteiger partial charge on any atom is -0.490 e. The molecule has 2 aromatic carbocycles. The molecule has 4 amide bonds. The van der Waals surface area contributed by atoms with Crippen molar-refractivity contribution in [2.24, 2.45) is 5.92 Å². The summed E-state index contributed by atoms with van der Waals surface area (Å²) in [6.45, 7) is 9.95. The van der Waals surface area contributed by atoms with Crippen molar-refractivity contribution in [1.29, 1.82) is 0 Å². The largest absolute Gasteiger partial charge is 0.490 e. The van der Waals surface area contributed by atoms with Gasteiger partial charge in [0.05, 0.1) is 30.4 Å². The second-order valence-corrected chi connectivity index (χ2v) is 12.3. The van der Waals surface area contributed by atoms with E-state index in [1.807, 2.05) is 32.0 Å². The Balaban J connectivity index is 1.61. The summed E-state index contributed by atoms with van der Waals surface area (Å²) in [6.07, 6.45) is 1.82. The van der Waals surface area contributed by atoms with Gasteiger partial charge in [-0.2, -0.15) is 0 Å². The van der Waals surface area contributed by atoms with Gasteiger partial charge in [-0.25, -0.2) is 4.79 Å². The van der Waals surface area contributed by atoms with Gasteiger partial charge in [0.25, 0.3) is 11.8 Å². The minimum absolute atomic E-state index is 0.115. The van der Waals surface area contributed by atoms with Crippen molar-refractivity contribution < 1.29 is 33.5 Å². The Morgan fingerprint density at radius 2 is 1.85 bits per heavy atom. The number of aromatic nitrogens is 1. The van der Waals surface area contributed by atoms with Gasteiger partial charge in [-0.15, -0.1) is 0 Å². The number of rotatable bonds is 7. The molecule has 3 aromatic rings. The van der Waals surface area contributed by atoms with Crippen LogP contribution in [-0.4, -0.2) is 89.5 Å². The van der Waals surface area contributed by atoms with Crippen molar-refractivity contribution in [1.82, 2.24) is 15.0 Å². The van der Waals surface area contributed by atoms with Gasteiger partial charge in [0.15, 0.2) is 5.76 Å². The van der Waals surface area contributed by atoms with Gasteiger partial charge >= 0.3 is 6.03 Å². The number of aliphatic hydroxyl groups excluding tert-OH is 1. The van der Waals surface area contributed by atoms with Crippen molar-refractivity contribution >= 4 is 29.2 Å². The smallest absolute Gasteiger partial charge is 0.323 e. The number of aryl methyl sites for hydroxylation is 2. The highest BCUT2D eigenvalue weighted by atomic mass is 16.5. The maximum Gasteiger partial charge on any atom is 0.323 e. The van der Waals surface area contributed by atoms with Crippen LogP contribution in [0.3, 0.4) is 0 Å². The number of amides is 4. The molecule has 3 N–H and O–H groups in total. The van der Waals surface area contributed by atoms with E-state index in [0.717, 1.165) is 19.3 Å². The number of nitrogens with one attached hydrogen (secondary N) is 2. The van der Waals surface area contributed by atoms with Crippen LogP contribution in [0.25, 0.3) is 0 Å². The average Bonchev–Trinajstić information content (AvgIpc) is 3.37. The number of hydrogen-bond donors (Lipinski definition) is 3. The first kappa shape index (κ1) is 35.4. The molecule has 0 saturated heterocycles. The number of anilines is 2. The Morgan fingerprint density at radius 1 is 1.11 bits per heavy atom. The van der Waals surface area contributed by atoms with Crippen LogP contribution in [0.2, 0.25) is 0 Å². The number of ether oxygens (including phenoxy) is 2. The van der Waals surface area contributed by atoms with E-state index in [9.17, 15) is 19.5 Å². The normalized spacial score (nSPS) is 19.9. The van der Waals surface area contributed by atoms with E-state index in [0.29, 0.717) is 47.3 Å². The molecule has 0 radical (unpaired) electrons. The molecule has 0 fully saturated rings. The Morgan fingerprint density at radius 3 is 2.53 bits per heavy atom. The first-order valence-electron chi connectivity index (χ1n) is 16.1. The molecule has 1 aliphatic heterocycles. The average molecular weight is 650 g/mol. The zero-order valence-electron chi connectivity index (χ0n) is 28.1. The topological polar surface area (TPSA) is 146 Å². The molecule has 12 nitrogen and oxygen atoms in total. The summed E-state index contributed by atoms with van der Waals surface area (Å²) in [5.74, 6) is 0.183. The number of likely N-dealkylation sites (N-methyl/N-ethyl adjacent to an activating group) is 1. The van der Waals surface area contributed by atoms with E-state index in [1.54, 1.807) is 68.0 Å². The number of urea groups is 1. The number of carbonyl (C=O) groups is 3. The fourth-order valence-corrected chi connectivity index (χ4v) is 5.55. The number of aliphatic hydroxyl groups is 1. The Bertz CT molecular complexity index is 1490. The van der Waals surface area contributed by atoms with E-state index in [-0.39, 0.29) is 48.7 Å². The number of carbonyl (C=O) groups excluding carboxylic acids is 3. The van der Waals surface area contributed by atoms with Crippen LogP contribution in [-0.2, 0) is 4.74 Å². The van der Waals surface area contributed by atoms with Crippen LogP contribution < -0.4 is 15.4 Å². The highest BCUT2D eigenvalue weighted by Crippen LogP contribution is 2.29. The van der Waals surface area contributed by atoms with Crippen LogP contribution in [0.15, 0.2) is 53.1 Å². The lowest BCUT2D eigenvalue weighted by atomic mass is 10.0. The SMILES string of the molecule is Cc1noc(C)c1NC(=O)Nc1ccc2c(c1)C(=O)N([C@@H](C)CO)C[C@@H](C)[C@H](CN(C)C(=O)c1ccccc1)OCCCC[C@H](C)O2. The third kappa shape index (κ3) is 9.32. The Labute approximate surface area is 276 Å². The monoisotopic (exact) mass is 649 g/mol. The van der Waals surface area contributed by atoms with Gasteiger partial charge in [0.1, 0.15) is 17.1 Å². The summed E-state index contributed by atoms with van der Waals surface area (Å²) in [6, 6.07) is 13.0. The Hall–Kier alpha value is -4.42. The molecule has 0 bridgehead atoms. The number of fused-ring (bicyclic) bond motifs is 1. The number of hydrogen-bond acceptors (Lipinski definition) is 8. The molecule has 47 heavy (non-hydrogen) atoms. The van der Waals surface area contributed by atoms with E-state index < -0.39 is 12.1 Å². The quantitative estimate of drug-likeness (QED) is 0.304. The van der Waals surface area contributed by atoms with E-state index in [4.69, 9.17) is 14.0 Å². The second kappa shape index (κ2) is 16.4. The van der Waals surface area contributed by atoms with Gasteiger partial charge in [-0.3, -0.25) is 9.59 Å². The highest BCUT2D eigenvalue weighted by molar-refractivity contribution is 6.03. The fraction of sp³-hybridized carbons (Fsp3) is 0.486. The van der Waals surface area contributed by atoms with E-state index in [1.165, 1.54) is 0 Å². The van der Waals surface area contributed by atoms with Crippen LogP contribution in [0.5, 0.6) is 5.75 Å². The molecule has 4 atom stereocenters. The molecule has 12 heteroatoms. The van der Waals surface area contributed by atoms with Crippen molar-refractivity contribution in [3.05, 3.63) is 71.1 Å². The summed E-state index contributed by atoms with van der Waals surface area (Å²) < 4.78 is 17.8. The van der Waals surface area contributed by atoms with Crippen molar-refractivity contribution in [2.75, 3.05) is 44.0 Å². The van der Waals surface area contributed by atoms with E-state index >= 15 is 0 Å². The summed E-state index contributed by atoms with van der Waals surface area (Å²) >= 11 is 0. The van der Waals surface area contributed by atoms with Gasteiger partial charge < -0.3 is 39.5 Å². The summed E-state index contributed by atoms with van der Waals surface area (Å²) in [4.78, 5) is 43.7. The highest BCUT2D eigenvalue weighted by Gasteiger charge is 2.31. The van der Waals surface area contributed by atoms with Gasteiger partial charge in [0.2, 0.25) is 0 Å². The molecule has 0 aliphatic carbocycles. The lowest BCUT2D eigenvalue weighted by Crippen LogP contribution is -2.48. The maximum atomic E-state index is 14.3. The van der Waals surface area contributed by atoms with Crippen molar-refractivity contribution in [3.8, 4) is 5.75 Å². The molecule has 4 rings (SSSR count). The zero-order valence-corrected chi connectivity index (χ0v) is 28.1. The first-order valence-corrected chi connectivity index (χ1v) is 16.1. The zero-order chi connectivity index (χ0) is 34.1. The van der Waals surface area contributed by atoms with Gasteiger partial charge in [-0.1, -0.05) is 30.3 Å². The van der Waals surface area contributed by atoms with E-state index in [2.05, 4.69) is 15.8 Å². The maximum absolute atomic E-state index is 14.3. The lowest BCUT2D eigenvalue weighted by molar-refractivity contribution is -0.0149. The predicted molar refractivity (Wildman–Crippen MR) is 179 cm³/mol. The van der Waals surface area contributed by atoms with Crippen molar-refractivity contribution in [2.45, 2.75) is 72.1 Å². The molecule has 1 aliphatic rings. The second-order valence-electron chi connectivity index (χ2n) is 12.3. The number of benzene rings is 2. The first-order chi connectivity index (χ1) is 22.5. The Kier molecular flexibility index (Phi) is 12.4. The van der Waals surface area contributed by atoms with Crippen molar-refractivity contribution in [3.63, 3.8) is 0 Å². The molecule has 0 saturated carbocycles. The molecule has 254 valence electrons. The minimum atomic E-state index is -0.535. The molecular formula is C35H47N5O7. The molecular weight excluding hydrogens is 602 g/mol. The molecule has 1 aromatic heterocycles. The molecule has 0 unspecified atom stereocenters. The van der Waals surface area contributed by atoms with Crippen LogP contribution >= 0.6 is 0 Å². The lowest BCUT2D eigenvalue weighted by Gasteiger charge is -2.36. The molecule has 0 spiro atoms. The standard InChI is InChI=1S/C35H47N5O7/c1-22-19-40(23(2)21-41)34(43)29-18-28(36-35(44)37-32-25(4)38-47-26(32)5)15-16-30(29)46-24(3)12-10-11-17-45-31(22)20-39(6)33(42)27-13-8-7-9-14-27/h7-9,13-16,18,22-24,31,41H,10-12,17,19-21H2,1-6H3,(H2,36,37,44)/t22-,23+,24+,31+/m1/s1. The summed E-state index contributed by atoms with van der Waals surface area (Å²) in [5.41, 5.74) is 2.24. The van der Waals surface area contributed by atoms with Gasteiger partial charge in [0, 0.05) is 43.9 Å². The predicted octanol–water partition coefficient (Wildman–Crippen LogP) is 5.50. The van der Waals surface area contributed by atoms with Crippen LogP contribution in [0, 0.1) is 19.8 Å². The summed E-state index contributed by atoms with van der Waals surface area (Å²) in [7, 11) is 1.75.